The lowest BCUT2D eigenvalue weighted by Crippen LogP contribution is -2.37. The van der Waals surface area contributed by atoms with Crippen molar-refractivity contribution in [3.8, 4) is 0 Å². The molecule has 4 unspecified atom stereocenters. The van der Waals surface area contributed by atoms with E-state index in [9.17, 15) is 14.2 Å². The molecule has 0 aliphatic carbocycles. The minimum absolute atomic E-state index is 0.0447. The van der Waals surface area contributed by atoms with Gasteiger partial charge in [-0.3, -0.25) is 14.2 Å². The summed E-state index contributed by atoms with van der Waals surface area (Å²) in [6.45, 7) is 3.74. The van der Waals surface area contributed by atoms with Crippen LogP contribution in [0.1, 0.15) is 47.5 Å². The topological polar surface area (TPSA) is 137 Å². The maximum absolute atomic E-state index is 12.7. The lowest BCUT2D eigenvalue weighted by molar-refractivity contribution is -0.365. The number of carbonyl (C=O) groups excluding carboxylic acids is 2. The molecule has 1 aliphatic rings. The molecule has 2 aromatic rings. The molecular formula is C20H25N3O9P+. The van der Waals surface area contributed by atoms with Crippen molar-refractivity contribution in [2.24, 2.45) is 0 Å². The first kappa shape index (κ1) is 24.9. The Bertz CT molecular complexity index is 949. The van der Waals surface area contributed by atoms with Crippen LogP contribution < -0.4 is 0 Å². The minimum Gasteiger partial charge on any atom is -0.463 e. The molecular weight excluding hydrogens is 457 g/mol. The second-order valence-electron chi connectivity index (χ2n) is 6.68. The van der Waals surface area contributed by atoms with E-state index in [0.717, 1.165) is 0 Å². The first-order valence-corrected chi connectivity index (χ1v) is 11.1. The number of nitrogens with zero attached hydrogens (tertiary/aromatic N) is 3. The summed E-state index contributed by atoms with van der Waals surface area (Å²) in [6.07, 6.45) is -1.62. The van der Waals surface area contributed by atoms with Gasteiger partial charge in [0.05, 0.1) is 25.9 Å². The summed E-state index contributed by atoms with van der Waals surface area (Å²) < 4.78 is 45.9. The number of ether oxygens (including phenoxy) is 6. The lowest BCUT2D eigenvalue weighted by Gasteiger charge is -2.23. The highest BCUT2D eigenvalue weighted by Crippen LogP contribution is 2.38. The van der Waals surface area contributed by atoms with E-state index < -0.39 is 44.7 Å². The molecule has 1 saturated heterocycles. The normalized spacial score (nSPS) is 20.6. The van der Waals surface area contributed by atoms with Crippen LogP contribution in [0.3, 0.4) is 0 Å². The van der Waals surface area contributed by atoms with Crippen molar-refractivity contribution in [3.63, 3.8) is 0 Å². The molecule has 0 amide bonds. The van der Waals surface area contributed by atoms with Gasteiger partial charge >= 0.3 is 26.1 Å². The van der Waals surface area contributed by atoms with E-state index in [1.54, 1.807) is 44.2 Å². The Balaban J connectivity index is 1.84. The number of benzene rings is 1. The van der Waals surface area contributed by atoms with E-state index in [-0.39, 0.29) is 25.5 Å². The van der Waals surface area contributed by atoms with Crippen molar-refractivity contribution in [2.45, 2.75) is 44.6 Å². The molecule has 1 aromatic carbocycles. The Morgan fingerprint density at radius 3 is 2.48 bits per heavy atom. The highest BCUT2D eigenvalue weighted by Gasteiger charge is 2.51. The predicted octanol–water partition coefficient (Wildman–Crippen LogP) is 2.26. The number of esters is 2. The van der Waals surface area contributed by atoms with Crippen LogP contribution in [0, 0.1) is 0 Å². The summed E-state index contributed by atoms with van der Waals surface area (Å²) in [7, 11) is 0.0865. The van der Waals surface area contributed by atoms with Gasteiger partial charge in [0, 0.05) is 6.42 Å². The molecule has 0 spiro atoms. The summed E-state index contributed by atoms with van der Waals surface area (Å²) in [6, 6.07) is 8.41. The van der Waals surface area contributed by atoms with Gasteiger partial charge in [-0.2, -0.15) is 0 Å². The Kier molecular flexibility index (Phi) is 8.59. The molecule has 0 saturated carbocycles. The van der Waals surface area contributed by atoms with Crippen molar-refractivity contribution < 1.29 is 42.6 Å². The van der Waals surface area contributed by atoms with Crippen LogP contribution in [-0.4, -0.2) is 65.1 Å². The number of hydrogen-bond donors (Lipinski definition) is 0. The first-order chi connectivity index (χ1) is 15.9. The third-order valence-electron chi connectivity index (χ3n) is 4.52. The molecule has 0 bridgehead atoms. The van der Waals surface area contributed by atoms with E-state index in [4.69, 9.17) is 23.7 Å². The Hall–Kier alpha value is -2.76. The standard InChI is InChI=1S/C20H24N3O9P/c1-4-28-20(33-26,29-5-2)32-15-11-14(30-18(24)13-9-7-6-8-10-13)17(31-15)23-12-21-16(22-23)19(25)27-3/h6-10,12,14-15,17H,4-5,11H2,1-3H3/p+1. The molecule has 1 aromatic heterocycles. The summed E-state index contributed by atoms with van der Waals surface area (Å²) in [4.78, 5) is 28.3. The van der Waals surface area contributed by atoms with Gasteiger partial charge in [0.15, 0.2) is 18.6 Å². The molecule has 3 rings (SSSR count). The Labute approximate surface area is 191 Å². The molecule has 178 valence electrons. The molecule has 4 atom stereocenters. The van der Waals surface area contributed by atoms with E-state index in [0.29, 0.717) is 5.56 Å². The molecule has 0 radical (unpaired) electrons. The average molecular weight is 482 g/mol. The van der Waals surface area contributed by atoms with Gasteiger partial charge in [0.2, 0.25) is 0 Å². The fourth-order valence-corrected chi connectivity index (χ4v) is 3.71. The molecule has 1 aliphatic heterocycles. The van der Waals surface area contributed by atoms with Crippen LogP contribution in [0.2, 0.25) is 0 Å². The van der Waals surface area contributed by atoms with Crippen LogP contribution in [-0.2, 0) is 33.0 Å². The fourth-order valence-electron chi connectivity index (χ4n) is 3.13. The molecule has 2 heterocycles. The molecule has 33 heavy (non-hydrogen) atoms. The van der Waals surface area contributed by atoms with Crippen molar-refractivity contribution in [2.75, 3.05) is 20.3 Å². The van der Waals surface area contributed by atoms with Crippen LogP contribution >= 0.6 is 8.46 Å². The molecule has 12 nitrogen and oxygen atoms in total. The van der Waals surface area contributed by atoms with E-state index in [1.807, 2.05) is 0 Å². The maximum atomic E-state index is 12.7. The van der Waals surface area contributed by atoms with E-state index in [2.05, 4.69) is 14.8 Å². The first-order valence-electron chi connectivity index (χ1n) is 10.2. The fraction of sp³-hybridized carbons (Fsp3) is 0.500. The SMILES string of the molecule is CCOC(OCC)(OC1CC(OC(=O)c2ccccc2)C(n2cnc(C(=O)OC)n2)O1)[PH+]=O. The van der Waals surface area contributed by atoms with Gasteiger partial charge in [0.1, 0.15) is 6.33 Å². The van der Waals surface area contributed by atoms with Crippen molar-refractivity contribution >= 4 is 20.4 Å². The second kappa shape index (κ2) is 11.4. The number of methoxy groups -OCH3 is 1. The molecule has 0 N–H and O–H groups in total. The summed E-state index contributed by atoms with van der Waals surface area (Å²) in [5.41, 5.74) is -1.50. The monoisotopic (exact) mass is 482 g/mol. The van der Waals surface area contributed by atoms with Gasteiger partial charge in [-0.25, -0.2) is 19.3 Å². The smallest absolute Gasteiger partial charge is 0.463 e. The largest absolute Gasteiger partial charge is 0.498 e. The van der Waals surface area contributed by atoms with Gasteiger partial charge in [0.25, 0.3) is 5.82 Å². The van der Waals surface area contributed by atoms with Crippen molar-refractivity contribution in [3.05, 3.63) is 48.0 Å². The lowest BCUT2D eigenvalue weighted by atomic mass is 10.2. The van der Waals surface area contributed by atoms with Crippen molar-refractivity contribution in [1.82, 2.24) is 14.8 Å². The average Bonchev–Trinajstić information content (AvgIpc) is 3.46. The summed E-state index contributed by atoms with van der Waals surface area (Å²) in [5, 5.41) is 4.05. The van der Waals surface area contributed by atoms with Gasteiger partial charge < -0.3 is 14.2 Å². The summed E-state index contributed by atoms with van der Waals surface area (Å²) >= 11 is 0. The van der Waals surface area contributed by atoms with Gasteiger partial charge in [-0.05, 0) is 26.0 Å². The third kappa shape index (κ3) is 5.98. The maximum Gasteiger partial charge on any atom is 0.498 e. The van der Waals surface area contributed by atoms with Crippen LogP contribution in [0.5, 0.6) is 0 Å². The molecule has 13 heteroatoms. The van der Waals surface area contributed by atoms with Crippen LogP contribution in [0.25, 0.3) is 0 Å². The van der Waals surface area contributed by atoms with Gasteiger partial charge in [-0.15, -0.1) is 5.10 Å². The third-order valence-corrected chi connectivity index (χ3v) is 5.18. The Morgan fingerprint density at radius 1 is 1.18 bits per heavy atom. The van der Waals surface area contributed by atoms with E-state index >= 15 is 0 Å². The highest BCUT2D eigenvalue weighted by molar-refractivity contribution is 7.25. The highest BCUT2D eigenvalue weighted by atomic mass is 31.1. The zero-order chi connectivity index (χ0) is 23.8. The van der Waals surface area contributed by atoms with E-state index in [1.165, 1.54) is 18.1 Å². The Morgan fingerprint density at radius 2 is 1.88 bits per heavy atom. The number of aromatic nitrogens is 3. The number of hydrogen-bond acceptors (Lipinski definition) is 11. The summed E-state index contributed by atoms with van der Waals surface area (Å²) in [5.74, 6) is -1.52. The zero-order valence-electron chi connectivity index (χ0n) is 18.3. The molecule has 1 fully saturated rings. The van der Waals surface area contributed by atoms with Crippen molar-refractivity contribution in [1.29, 1.82) is 0 Å². The minimum atomic E-state index is -1.84. The number of rotatable bonds is 11. The van der Waals surface area contributed by atoms with Crippen LogP contribution in [0.15, 0.2) is 36.7 Å². The second-order valence-corrected chi connectivity index (χ2v) is 7.50. The quantitative estimate of drug-likeness (QED) is 0.265. The van der Waals surface area contributed by atoms with Crippen LogP contribution in [0.4, 0.5) is 0 Å². The predicted molar refractivity (Wildman–Crippen MR) is 112 cm³/mol. The zero-order valence-corrected chi connectivity index (χ0v) is 19.3. The van der Waals surface area contributed by atoms with Gasteiger partial charge in [-0.1, -0.05) is 22.8 Å². The number of carbonyl (C=O) groups is 2.